The topological polar surface area (TPSA) is 26.8 Å². The van der Waals surface area contributed by atoms with Crippen LogP contribution in [0.25, 0.3) is 0 Å². The molecule has 2 amide bonds. The van der Waals surface area contributed by atoms with Gasteiger partial charge < -0.3 is 14.7 Å². The van der Waals surface area contributed by atoms with Gasteiger partial charge in [-0.25, -0.2) is 4.79 Å². The van der Waals surface area contributed by atoms with Crippen molar-refractivity contribution < 1.29 is 4.79 Å². The Morgan fingerprint density at radius 1 is 0.944 bits per heavy atom. The minimum Gasteiger partial charge on any atom is -0.325 e. The van der Waals surface area contributed by atoms with Crippen LogP contribution in [0.15, 0.2) is 0 Å². The van der Waals surface area contributed by atoms with Crippen molar-refractivity contribution >= 4 is 6.03 Å². The van der Waals surface area contributed by atoms with Crippen molar-refractivity contribution in [1.29, 1.82) is 0 Å². The fraction of sp³-hybridized carbons (Fsp3) is 0.929. The molecule has 4 heteroatoms. The molecule has 3 fully saturated rings. The number of piperidine rings is 1. The molecule has 3 rings (SSSR count). The maximum Gasteiger partial charge on any atom is 0.320 e. The fourth-order valence-electron chi connectivity index (χ4n) is 3.62. The average molecular weight is 251 g/mol. The summed E-state index contributed by atoms with van der Waals surface area (Å²) in [5, 5.41) is 0. The van der Waals surface area contributed by atoms with Crippen molar-refractivity contribution in [3.05, 3.63) is 0 Å². The van der Waals surface area contributed by atoms with E-state index in [2.05, 4.69) is 16.8 Å². The van der Waals surface area contributed by atoms with Gasteiger partial charge in [-0.3, -0.25) is 0 Å². The van der Waals surface area contributed by atoms with Crippen LogP contribution in [0.4, 0.5) is 4.79 Å². The smallest absolute Gasteiger partial charge is 0.320 e. The molecule has 3 aliphatic heterocycles. The highest BCUT2D eigenvalue weighted by Gasteiger charge is 2.38. The van der Waals surface area contributed by atoms with Crippen LogP contribution in [0.2, 0.25) is 0 Å². The SMILES string of the molecule is CN1CCC(C2CCCN2C(=O)N2CCC2)CC1. The Kier molecular flexibility index (Phi) is 3.46. The molecule has 1 atom stereocenters. The maximum absolute atomic E-state index is 12.4. The lowest BCUT2D eigenvalue weighted by Gasteiger charge is -2.41. The van der Waals surface area contributed by atoms with Gasteiger partial charge in [0.25, 0.3) is 0 Å². The van der Waals surface area contributed by atoms with Crippen LogP contribution in [-0.2, 0) is 0 Å². The summed E-state index contributed by atoms with van der Waals surface area (Å²) in [5.41, 5.74) is 0. The van der Waals surface area contributed by atoms with Crippen molar-refractivity contribution in [3.63, 3.8) is 0 Å². The molecule has 0 saturated carbocycles. The van der Waals surface area contributed by atoms with E-state index in [1.54, 1.807) is 0 Å². The van der Waals surface area contributed by atoms with E-state index in [9.17, 15) is 4.79 Å². The van der Waals surface area contributed by atoms with Crippen LogP contribution < -0.4 is 0 Å². The Hall–Kier alpha value is -0.770. The molecule has 0 aromatic carbocycles. The molecule has 0 N–H and O–H groups in total. The first-order valence-corrected chi connectivity index (χ1v) is 7.50. The van der Waals surface area contributed by atoms with Crippen LogP contribution in [-0.4, -0.2) is 66.5 Å². The van der Waals surface area contributed by atoms with Crippen molar-refractivity contribution in [3.8, 4) is 0 Å². The second-order valence-electron chi connectivity index (χ2n) is 6.17. The fourth-order valence-corrected chi connectivity index (χ4v) is 3.62. The van der Waals surface area contributed by atoms with Gasteiger partial charge in [0.15, 0.2) is 0 Å². The van der Waals surface area contributed by atoms with E-state index in [1.807, 2.05) is 4.90 Å². The van der Waals surface area contributed by atoms with E-state index < -0.39 is 0 Å². The molecule has 0 aromatic heterocycles. The van der Waals surface area contributed by atoms with Crippen LogP contribution >= 0.6 is 0 Å². The Labute approximate surface area is 110 Å². The summed E-state index contributed by atoms with van der Waals surface area (Å²) in [6, 6.07) is 0.856. The second kappa shape index (κ2) is 5.08. The average Bonchev–Trinajstić information content (AvgIpc) is 2.76. The molecule has 0 spiro atoms. The van der Waals surface area contributed by atoms with E-state index in [-0.39, 0.29) is 0 Å². The number of hydrogen-bond donors (Lipinski definition) is 0. The van der Waals surface area contributed by atoms with E-state index in [0.29, 0.717) is 12.1 Å². The van der Waals surface area contributed by atoms with Gasteiger partial charge in [0.2, 0.25) is 0 Å². The Balaban J connectivity index is 1.61. The first-order chi connectivity index (χ1) is 8.75. The molecule has 0 aromatic rings. The van der Waals surface area contributed by atoms with Gasteiger partial charge in [0.05, 0.1) is 0 Å². The molecule has 0 radical (unpaired) electrons. The third-order valence-electron chi connectivity index (χ3n) is 4.98. The number of urea groups is 1. The van der Waals surface area contributed by atoms with Crippen LogP contribution in [0.5, 0.6) is 0 Å². The Morgan fingerprint density at radius 3 is 2.28 bits per heavy atom. The molecule has 102 valence electrons. The van der Waals surface area contributed by atoms with Gasteiger partial charge in [-0.15, -0.1) is 0 Å². The number of carbonyl (C=O) groups is 1. The highest BCUT2D eigenvalue weighted by Crippen LogP contribution is 2.32. The molecule has 3 saturated heterocycles. The van der Waals surface area contributed by atoms with Crippen molar-refractivity contribution in [1.82, 2.24) is 14.7 Å². The first-order valence-electron chi connectivity index (χ1n) is 7.50. The minimum absolute atomic E-state index is 0.322. The zero-order valence-electron chi connectivity index (χ0n) is 11.5. The van der Waals surface area contributed by atoms with Gasteiger partial charge in [-0.2, -0.15) is 0 Å². The molecule has 1 unspecified atom stereocenters. The van der Waals surface area contributed by atoms with Crippen LogP contribution in [0.1, 0.15) is 32.1 Å². The number of rotatable bonds is 1. The summed E-state index contributed by atoms with van der Waals surface area (Å²) in [7, 11) is 2.20. The van der Waals surface area contributed by atoms with E-state index in [0.717, 1.165) is 25.6 Å². The summed E-state index contributed by atoms with van der Waals surface area (Å²) in [6.07, 6.45) is 6.17. The van der Waals surface area contributed by atoms with Crippen LogP contribution in [0.3, 0.4) is 0 Å². The summed E-state index contributed by atoms with van der Waals surface area (Å²) in [6.45, 7) is 5.36. The number of amides is 2. The Morgan fingerprint density at radius 2 is 1.67 bits per heavy atom. The number of carbonyl (C=O) groups excluding carboxylic acids is 1. The normalized spacial score (nSPS) is 30.6. The zero-order valence-corrected chi connectivity index (χ0v) is 11.5. The molecule has 3 heterocycles. The second-order valence-corrected chi connectivity index (χ2v) is 6.17. The standard InChI is InChI=1S/C14H25N3O/c1-15-10-5-12(6-11-15)13-4-2-9-17(13)14(18)16-7-3-8-16/h12-13H,2-11H2,1H3. The molecule has 0 aliphatic carbocycles. The predicted octanol–water partition coefficient (Wildman–Crippen LogP) is 1.62. The predicted molar refractivity (Wildman–Crippen MR) is 71.5 cm³/mol. The summed E-state index contributed by atoms with van der Waals surface area (Å²) in [4.78, 5) is 19.0. The monoisotopic (exact) mass is 251 g/mol. The third kappa shape index (κ3) is 2.22. The quantitative estimate of drug-likeness (QED) is 0.708. The number of nitrogens with zero attached hydrogens (tertiary/aromatic N) is 3. The molecule has 3 aliphatic rings. The first kappa shape index (κ1) is 12.3. The lowest BCUT2D eigenvalue weighted by Crippen LogP contribution is -2.53. The minimum atomic E-state index is 0.322. The Bertz CT molecular complexity index is 308. The molecule has 0 bridgehead atoms. The number of hydrogen-bond acceptors (Lipinski definition) is 2. The van der Waals surface area contributed by atoms with E-state index in [1.165, 1.54) is 45.2 Å². The molecule has 18 heavy (non-hydrogen) atoms. The highest BCUT2D eigenvalue weighted by molar-refractivity contribution is 5.75. The molecular weight excluding hydrogens is 226 g/mol. The van der Waals surface area contributed by atoms with Gasteiger partial charge in [0.1, 0.15) is 0 Å². The third-order valence-corrected chi connectivity index (χ3v) is 4.98. The molecular formula is C14H25N3O. The maximum atomic E-state index is 12.4. The van der Waals surface area contributed by atoms with Crippen molar-refractivity contribution in [2.45, 2.75) is 38.1 Å². The van der Waals surface area contributed by atoms with Gasteiger partial charge in [0, 0.05) is 25.7 Å². The number of likely N-dealkylation sites (tertiary alicyclic amines) is 3. The highest BCUT2D eigenvalue weighted by atomic mass is 16.2. The van der Waals surface area contributed by atoms with Gasteiger partial charge >= 0.3 is 6.03 Å². The molecule has 4 nitrogen and oxygen atoms in total. The van der Waals surface area contributed by atoms with E-state index >= 15 is 0 Å². The lowest BCUT2D eigenvalue weighted by atomic mass is 9.88. The van der Waals surface area contributed by atoms with E-state index in [4.69, 9.17) is 0 Å². The van der Waals surface area contributed by atoms with Crippen molar-refractivity contribution in [2.24, 2.45) is 5.92 Å². The lowest BCUT2D eigenvalue weighted by molar-refractivity contribution is 0.0945. The van der Waals surface area contributed by atoms with Crippen LogP contribution in [0, 0.1) is 5.92 Å². The summed E-state index contributed by atoms with van der Waals surface area (Å²) < 4.78 is 0. The van der Waals surface area contributed by atoms with Gasteiger partial charge in [-0.1, -0.05) is 0 Å². The van der Waals surface area contributed by atoms with Gasteiger partial charge in [-0.05, 0) is 58.2 Å². The summed E-state index contributed by atoms with van der Waals surface area (Å²) in [5.74, 6) is 0.744. The largest absolute Gasteiger partial charge is 0.325 e. The summed E-state index contributed by atoms with van der Waals surface area (Å²) >= 11 is 0. The van der Waals surface area contributed by atoms with Crippen molar-refractivity contribution in [2.75, 3.05) is 39.8 Å². The zero-order chi connectivity index (χ0) is 12.5.